The number of nitrogens with two attached hydrogens (primary N) is 1. The highest BCUT2D eigenvalue weighted by molar-refractivity contribution is 7.89. The maximum atomic E-state index is 13.6. The first-order chi connectivity index (χ1) is 8.96. The minimum Gasteiger partial charge on any atom is -0.374 e. The van der Waals surface area contributed by atoms with Gasteiger partial charge in [0.05, 0.1) is 12.7 Å². The molecule has 1 aliphatic heterocycles. The Morgan fingerprint density at radius 1 is 1.35 bits per heavy atom. The van der Waals surface area contributed by atoms with Crippen molar-refractivity contribution in [1.29, 1.82) is 0 Å². The molecule has 0 spiro atoms. The van der Waals surface area contributed by atoms with E-state index in [1.165, 1.54) is 0 Å². The van der Waals surface area contributed by atoms with Crippen LogP contribution in [0.15, 0.2) is 23.1 Å². The highest BCUT2D eigenvalue weighted by Crippen LogP contribution is 2.23. The molecule has 1 atom stereocenters. The summed E-state index contributed by atoms with van der Waals surface area (Å²) in [4.78, 5) is -0.923. The van der Waals surface area contributed by atoms with Gasteiger partial charge in [-0.3, -0.25) is 0 Å². The molecular formula is C11H15ClF2N2O3S. The van der Waals surface area contributed by atoms with Crippen molar-refractivity contribution < 1.29 is 21.9 Å². The average Bonchev–Trinajstić information content (AvgIpc) is 2.38. The van der Waals surface area contributed by atoms with Crippen LogP contribution in [0, 0.1) is 11.6 Å². The molecule has 0 bridgehead atoms. The predicted octanol–water partition coefficient (Wildman–Crippen LogP) is 0.735. The molecule has 0 amide bonds. The lowest BCUT2D eigenvalue weighted by Crippen LogP contribution is -2.48. The van der Waals surface area contributed by atoms with Gasteiger partial charge in [0.25, 0.3) is 0 Å². The zero-order valence-electron chi connectivity index (χ0n) is 10.5. The summed E-state index contributed by atoms with van der Waals surface area (Å²) in [5.41, 5.74) is 5.41. The SMILES string of the molecule is Cl.NCC1CN(S(=O)(=O)c2c(F)cccc2F)CCO1. The Bertz CT molecular complexity index is 551. The van der Waals surface area contributed by atoms with E-state index in [4.69, 9.17) is 10.5 Å². The number of hydrogen-bond donors (Lipinski definition) is 1. The molecule has 2 rings (SSSR count). The summed E-state index contributed by atoms with van der Waals surface area (Å²) in [5.74, 6) is -2.20. The topological polar surface area (TPSA) is 72.6 Å². The van der Waals surface area contributed by atoms with E-state index < -0.39 is 32.7 Å². The molecule has 1 fully saturated rings. The Morgan fingerprint density at radius 3 is 2.50 bits per heavy atom. The molecule has 2 N–H and O–H groups in total. The zero-order valence-corrected chi connectivity index (χ0v) is 12.1. The Labute approximate surface area is 122 Å². The molecule has 1 saturated heterocycles. The van der Waals surface area contributed by atoms with Crippen LogP contribution in [0.2, 0.25) is 0 Å². The Hall–Kier alpha value is -0.800. The molecule has 1 unspecified atom stereocenters. The molecule has 0 aliphatic carbocycles. The smallest absolute Gasteiger partial charge is 0.249 e. The number of sulfonamides is 1. The number of nitrogens with zero attached hydrogens (tertiary/aromatic N) is 1. The summed E-state index contributed by atoms with van der Waals surface area (Å²) in [7, 11) is -4.22. The van der Waals surface area contributed by atoms with Crippen LogP contribution >= 0.6 is 12.4 Å². The van der Waals surface area contributed by atoms with Gasteiger partial charge in [-0.05, 0) is 12.1 Å². The van der Waals surface area contributed by atoms with E-state index in [1.54, 1.807) is 0 Å². The van der Waals surface area contributed by atoms with Crippen molar-refractivity contribution in [3.63, 3.8) is 0 Å². The van der Waals surface area contributed by atoms with E-state index in [0.717, 1.165) is 22.5 Å². The van der Waals surface area contributed by atoms with E-state index in [0.29, 0.717) is 0 Å². The van der Waals surface area contributed by atoms with Crippen LogP contribution in [0.5, 0.6) is 0 Å². The molecule has 1 aromatic rings. The molecule has 1 aliphatic rings. The normalized spacial score (nSPS) is 20.4. The third-order valence-electron chi connectivity index (χ3n) is 2.88. The van der Waals surface area contributed by atoms with Crippen molar-refractivity contribution in [3.05, 3.63) is 29.8 Å². The molecule has 1 aromatic carbocycles. The monoisotopic (exact) mass is 328 g/mol. The van der Waals surface area contributed by atoms with Gasteiger partial charge in [0.15, 0.2) is 4.90 Å². The number of ether oxygens (including phenoxy) is 1. The summed E-state index contributed by atoms with van der Waals surface area (Å²) in [6.07, 6.45) is -0.460. The molecule has 5 nitrogen and oxygen atoms in total. The molecule has 1 heterocycles. The van der Waals surface area contributed by atoms with Gasteiger partial charge in [-0.25, -0.2) is 17.2 Å². The molecular weight excluding hydrogens is 314 g/mol. The highest BCUT2D eigenvalue weighted by atomic mass is 35.5. The first-order valence-electron chi connectivity index (χ1n) is 5.72. The van der Waals surface area contributed by atoms with Gasteiger partial charge in [0, 0.05) is 19.6 Å². The molecule has 0 aromatic heterocycles. The molecule has 9 heteroatoms. The van der Waals surface area contributed by atoms with Gasteiger partial charge < -0.3 is 10.5 Å². The van der Waals surface area contributed by atoms with Gasteiger partial charge in [-0.2, -0.15) is 4.31 Å². The maximum Gasteiger partial charge on any atom is 0.249 e. The van der Waals surface area contributed by atoms with Crippen LogP contribution in [0.1, 0.15) is 0 Å². The number of morpholine rings is 1. The fourth-order valence-corrected chi connectivity index (χ4v) is 3.48. The van der Waals surface area contributed by atoms with E-state index >= 15 is 0 Å². The molecule has 0 radical (unpaired) electrons. The molecule has 20 heavy (non-hydrogen) atoms. The van der Waals surface area contributed by atoms with Crippen molar-refractivity contribution in [1.82, 2.24) is 4.31 Å². The lowest BCUT2D eigenvalue weighted by atomic mass is 10.3. The number of rotatable bonds is 3. The lowest BCUT2D eigenvalue weighted by molar-refractivity contribution is 0.00438. The third kappa shape index (κ3) is 3.26. The summed E-state index contributed by atoms with van der Waals surface area (Å²) < 4.78 is 57.9. The highest BCUT2D eigenvalue weighted by Gasteiger charge is 2.34. The van der Waals surface area contributed by atoms with Gasteiger partial charge in [0.1, 0.15) is 11.6 Å². The van der Waals surface area contributed by atoms with E-state index in [2.05, 4.69) is 0 Å². The van der Waals surface area contributed by atoms with Crippen molar-refractivity contribution in [2.75, 3.05) is 26.2 Å². The minimum absolute atomic E-state index is 0. The standard InChI is InChI=1S/C11H14F2N2O3S.ClH/c12-9-2-1-3-10(13)11(9)19(16,17)15-4-5-18-8(6-14)7-15;/h1-3,8H,4-7,14H2;1H. The van der Waals surface area contributed by atoms with Crippen LogP contribution in [0.4, 0.5) is 8.78 Å². The summed E-state index contributed by atoms with van der Waals surface area (Å²) in [6.45, 7) is 0.335. The average molecular weight is 329 g/mol. The number of halogens is 3. The van der Waals surface area contributed by atoms with Gasteiger partial charge in [-0.15, -0.1) is 12.4 Å². The van der Waals surface area contributed by atoms with Crippen molar-refractivity contribution in [2.24, 2.45) is 5.73 Å². The van der Waals surface area contributed by atoms with Crippen LogP contribution in [-0.2, 0) is 14.8 Å². The second-order valence-corrected chi connectivity index (χ2v) is 6.02. The fraction of sp³-hybridized carbons (Fsp3) is 0.455. The lowest BCUT2D eigenvalue weighted by Gasteiger charge is -2.31. The quantitative estimate of drug-likeness (QED) is 0.888. The number of benzene rings is 1. The Morgan fingerprint density at radius 2 is 1.95 bits per heavy atom. The second-order valence-electron chi connectivity index (χ2n) is 4.14. The molecule has 114 valence electrons. The van der Waals surface area contributed by atoms with Crippen LogP contribution in [-0.4, -0.2) is 45.1 Å². The first-order valence-corrected chi connectivity index (χ1v) is 7.16. The van der Waals surface area contributed by atoms with E-state index in [9.17, 15) is 17.2 Å². The van der Waals surface area contributed by atoms with Crippen LogP contribution in [0.25, 0.3) is 0 Å². The Kier molecular flexibility index (Phi) is 5.84. The largest absolute Gasteiger partial charge is 0.374 e. The number of hydrogen-bond acceptors (Lipinski definition) is 4. The summed E-state index contributed by atoms with van der Waals surface area (Å²) in [6, 6.07) is 2.94. The Balaban J connectivity index is 0.00000200. The zero-order chi connectivity index (χ0) is 14.0. The van der Waals surface area contributed by atoms with Gasteiger partial charge in [0.2, 0.25) is 10.0 Å². The van der Waals surface area contributed by atoms with E-state index in [1.807, 2.05) is 0 Å². The predicted molar refractivity (Wildman–Crippen MR) is 71.2 cm³/mol. The van der Waals surface area contributed by atoms with Crippen molar-refractivity contribution in [3.8, 4) is 0 Å². The van der Waals surface area contributed by atoms with E-state index in [-0.39, 0.29) is 38.6 Å². The maximum absolute atomic E-state index is 13.6. The summed E-state index contributed by atoms with van der Waals surface area (Å²) >= 11 is 0. The molecule has 0 saturated carbocycles. The van der Waals surface area contributed by atoms with Gasteiger partial charge >= 0.3 is 0 Å². The second kappa shape index (κ2) is 6.77. The summed E-state index contributed by atoms with van der Waals surface area (Å²) in [5, 5.41) is 0. The van der Waals surface area contributed by atoms with Crippen LogP contribution in [0.3, 0.4) is 0 Å². The van der Waals surface area contributed by atoms with Crippen molar-refractivity contribution in [2.45, 2.75) is 11.0 Å². The third-order valence-corrected chi connectivity index (χ3v) is 4.80. The minimum atomic E-state index is -4.22. The van der Waals surface area contributed by atoms with Crippen LogP contribution < -0.4 is 5.73 Å². The first kappa shape index (κ1) is 17.3. The fourth-order valence-electron chi connectivity index (χ4n) is 1.91. The van der Waals surface area contributed by atoms with Gasteiger partial charge in [-0.1, -0.05) is 6.07 Å². The van der Waals surface area contributed by atoms with Crippen molar-refractivity contribution >= 4 is 22.4 Å².